The van der Waals surface area contributed by atoms with Crippen molar-refractivity contribution < 1.29 is 4.79 Å². The van der Waals surface area contributed by atoms with Gasteiger partial charge in [-0.1, -0.05) is 6.07 Å². The Morgan fingerprint density at radius 1 is 1.29 bits per heavy atom. The van der Waals surface area contributed by atoms with E-state index in [1.54, 1.807) is 24.0 Å². The summed E-state index contributed by atoms with van der Waals surface area (Å²) >= 11 is 0. The Labute approximate surface area is 138 Å². The van der Waals surface area contributed by atoms with Gasteiger partial charge in [-0.3, -0.25) is 4.79 Å². The molecule has 0 unspecified atom stereocenters. The van der Waals surface area contributed by atoms with E-state index >= 15 is 0 Å². The van der Waals surface area contributed by atoms with E-state index in [1.165, 1.54) is 0 Å². The quantitative estimate of drug-likeness (QED) is 0.683. The van der Waals surface area contributed by atoms with E-state index in [9.17, 15) is 4.79 Å². The van der Waals surface area contributed by atoms with E-state index in [0.29, 0.717) is 17.4 Å². The number of carbonyl (C=O) groups is 1. The van der Waals surface area contributed by atoms with Crippen molar-refractivity contribution in [3.63, 3.8) is 0 Å². The molecule has 1 aromatic carbocycles. The van der Waals surface area contributed by atoms with E-state index in [0.717, 1.165) is 16.9 Å². The number of hydrogen-bond acceptors (Lipinski definition) is 6. The van der Waals surface area contributed by atoms with Crippen LogP contribution in [0.4, 0.5) is 23.1 Å². The van der Waals surface area contributed by atoms with Gasteiger partial charge in [-0.2, -0.15) is 4.98 Å². The Hall–Kier alpha value is -3.16. The van der Waals surface area contributed by atoms with Gasteiger partial charge in [0.15, 0.2) is 11.5 Å². The van der Waals surface area contributed by atoms with Crippen LogP contribution in [0.3, 0.4) is 0 Å². The van der Waals surface area contributed by atoms with Gasteiger partial charge in [-0.05, 0) is 31.5 Å². The molecule has 8 nitrogen and oxygen atoms in total. The number of fused-ring (bicyclic) bond motifs is 2. The lowest BCUT2D eigenvalue weighted by molar-refractivity contribution is -0.119. The zero-order valence-electron chi connectivity index (χ0n) is 13.6. The number of nitrogens with one attached hydrogen (secondary N) is 3. The highest BCUT2D eigenvalue weighted by Gasteiger charge is 2.38. The van der Waals surface area contributed by atoms with Crippen LogP contribution in [0.15, 0.2) is 30.6 Å². The molecular weight excluding hydrogens is 306 g/mol. The highest BCUT2D eigenvalue weighted by Crippen LogP contribution is 2.38. The van der Waals surface area contributed by atoms with E-state index in [4.69, 9.17) is 0 Å². The van der Waals surface area contributed by atoms with E-state index in [-0.39, 0.29) is 5.91 Å². The second-order valence-corrected chi connectivity index (χ2v) is 6.19. The number of nitrogens with zero attached hydrogens (tertiary/aromatic N) is 4. The number of aromatic nitrogens is 4. The molecule has 1 aliphatic heterocycles. The van der Waals surface area contributed by atoms with Crippen molar-refractivity contribution in [3.05, 3.63) is 36.2 Å². The number of anilines is 4. The number of amides is 1. The zero-order chi connectivity index (χ0) is 16.9. The van der Waals surface area contributed by atoms with Gasteiger partial charge in [0.05, 0.1) is 5.41 Å². The number of hydrogen-bond donors (Lipinski definition) is 3. The van der Waals surface area contributed by atoms with Crippen LogP contribution in [0.25, 0.3) is 5.65 Å². The minimum Gasteiger partial charge on any atom is -0.370 e. The second kappa shape index (κ2) is 4.92. The summed E-state index contributed by atoms with van der Waals surface area (Å²) in [7, 11) is 1.79. The third kappa shape index (κ3) is 2.07. The fourth-order valence-electron chi connectivity index (χ4n) is 2.85. The molecule has 4 rings (SSSR count). The first kappa shape index (κ1) is 14.4. The van der Waals surface area contributed by atoms with Gasteiger partial charge in [0.25, 0.3) is 0 Å². The van der Waals surface area contributed by atoms with E-state index < -0.39 is 5.41 Å². The van der Waals surface area contributed by atoms with Gasteiger partial charge in [0.1, 0.15) is 0 Å². The molecule has 0 radical (unpaired) electrons. The van der Waals surface area contributed by atoms with Crippen LogP contribution < -0.4 is 16.0 Å². The highest BCUT2D eigenvalue weighted by molar-refractivity contribution is 6.06. The molecule has 24 heavy (non-hydrogen) atoms. The van der Waals surface area contributed by atoms with Crippen molar-refractivity contribution in [1.29, 1.82) is 0 Å². The Morgan fingerprint density at radius 2 is 2.12 bits per heavy atom. The summed E-state index contributed by atoms with van der Waals surface area (Å²) < 4.78 is 1.65. The van der Waals surface area contributed by atoms with Crippen LogP contribution in [0.5, 0.6) is 0 Å². The van der Waals surface area contributed by atoms with Crippen LogP contribution >= 0.6 is 0 Å². The van der Waals surface area contributed by atoms with Gasteiger partial charge in [0.2, 0.25) is 11.9 Å². The zero-order valence-corrected chi connectivity index (χ0v) is 13.6. The fraction of sp³-hybridized carbons (Fsp3) is 0.250. The van der Waals surface area contributed by atoms with Gasteiger partial charge in [-0.25, -0.2) is 9.50 Å². The van der Waals surface area contributed by atoms with Crippen molar-refractivity contribution in [2.75, 3.05) is 23.0 Å². The topological polar surface area (TPSA) is 96.2 Å². The summed E-state index contributed by atoms with van der Waals surface area (Å²) in [6.07, 6.45) is 3.39. The Balaban J connectivity index is 1.68. The van der Waals surface area contributed by atoms with Crippen molar-refractivity contribution in [3.8, 4) is 0 Å². The van der Waals surface area contributed by atoms with Crippen LogP contribution in [0.1, 0.15) is 19.4 Å². The molecule has 0 aliphatic carbocycles. The molecule has 122 valence electrons. The smallest absolute Gasteiger partial charge is 0.247 e. The summed E-state index contributed by atoms with van der Waals surface area (Å²) in [4.78, 5) is 20.7. The molecule has 3 heterocycles. The second-order valence-electron chi connectivity index (χ2n) is 6.19. The summed E-state index contributed by atoms with van der Waals surface area (Å²) in [5, 5.41) is 13.4. The molecule has 0 saturated carbocycles. The summed E-state index contributed by atoms with van der Waals surface area (Å²) in [6, 6.07) is 5.76. The Bertz CT molecular complexity index is 960. The molecule has 0 spiro atoms. The molecule has 0 fully saturated rings. The van der Waals surface area contributed by atoms with E-state index in [1.807, 2.05) is 32.0 Å². The molecule has 3 N–H and O–H groups in total. The SMILES string of the molecule is CNc1nccn2nc(Nc3ccc4c(c3)NC(=O)C4(C)C)nc12. The van der Waals surface area contributed by atoms with Crippen LogP contribution in [-0.2, 0) is 10.2 Å². The molecule has 3 aromatic rings. The number of carbonyl (C=O) groups excluding carboxylic acids is 1. The average Bonchev–Trinajstić information content (AvgIpc) is 3.05. The molecule has 1 aliphatic rings. The predicted molar refractivity (Wildman–Crippen MR) is 91.7 cm³/mol. The normalized spacial score (nSPS) is 15.2. The van der Waals surface area contributed by atoms with Crippen LogP contribution in [0.2, 0.25) is 0 Å². The van der Waals surface area contributed by atoms with Gasteiger partial charge in [0, 0.05) is 30.8 Å². The first-order valence-electron chi connectivity index (χ1n) is 7.61. The monoisotopic (exact) mass is 323 g/mol. The van der Waals surface area contributed by atoms with Crippen LogP contribution in [0, 0.1) is 0 Å². The first-order chi connectivity index (χ1) is 11.5. The summed E-state index contributed by atoms with van der Waals surface area (Å²) in [5.41, 5.74) is 2.74. The van der Waals surface area contributed by atoms with E-state index in [2.05, 4.69) is 31.0 Å². The fourth-order valence-corrected chi connectivity index (χ4v) is 2.85. The maximum Gasteiger partial charge on any atom is 0.247 e. The minimum absolute atomic E-state index is 0.00485. The predicted octanol–water partition coefficient (Wildman–Crippen LogP) is 2.14. The van der Waals surface area contributed by atoms with Crippen molar-refractivity contribution in [2.24, 2.45) is 0 Å². The molecule has 1 amide bonds. The molecule has 0 atom stereocenters. The molecule has 0 saturated heterocycles. The van der Waals surface area contributed by atoms with Gasteiger partial charge < -0.3 is 16.0 Å². The standard InChI is InChI=1S/C16H17N7O/c1-16(2)10-5-4-9(8-11(10)20-14(16)24)19-15-21-13-12(17-3)18-6-7-23(13)22-15/h4-8H,1-3H3,(H,17,18)(H,19,22)(H,20,24). The Morgan fingerprint density at radius 3 is 2.92 bits per heavy atom. The maximum atomic E-state index is 12.0. The largest absolute Gasteiger partial charge is 0.370 e. The van der Waals surface area contributed by atoms with Crippen molar-refractivity contribution in [2.45, 2.75) is 19.3 Å². The molecular formula is C16H17N7O. The number of benzene rings is 1. The average molecular weight is 323 g/mol. The summed E-state index contributed by atoms with van der Waals surface area (Å²) in [6.45, 7) is 3.83. The summed E-state index contributed by atoms with van der Waals surface area (Å²) in [5.74, 6) is 1.12. The first-order valence-corrected chi connectivity index (χ1v) is 7.61. The van der Waals surface area contributed by atoms with Gasteiger partial charge in [-0.15, -0.1) is 5.10 Å². The lowest BCUT2D eigenvalue weighted by Crippen LogP contribution is -2.26. The third-order valence-corrected chi connectivity index (χ3v) is 4.26. The minimum atomic E-state index is -0.511. The molecule has 2 aromatic heterocycles. The van der Waals surface area contributed by atoms with Crippen molar-refractivity contribution in [1.82, 2.24) is 19.6 Å². The Kier molecular flexibility index (Phi) is 2.96. The van der Waals surface area contributed by atoms with Gasteiger partial charge >= 0.3 is 0 Å². The lowest BCUT2D eigenvalue weighted by Gasteiger charge is -2.14. The van der Waals surface area contributed by atoms with Crippen molar-refractivity contribution >= 4 is 34.7 Å². The van der Waals surface area contributed by atoms with Crippen LogP contribution in [-0.4, -0.2) is 32.5 Å². The molecule has 0 bridgehead atoms. The maximum absolute atomic E-state index is 12.0. The lowest BCUT2D eigenvalue weighted by atomic mass is 9.86. The third-order valence-electron chi connectivity index (χ3n) is 4.26. The number of rotatable bonds is 3. The molecule has 8 heteroatoms. The highest BCUT2D eigenvalue weighted by atomic mass is 16.2.